The molecule has 0 amide bonds. The highest BCUT2D eigenvalue weighted by atomic mass is 19.1. The Balaban J connectivity index is 3.55. The van der Waals surface area contributed by atoms with Crippen molar-refractivity contribution in [2.75, 3.05) is 60.5 Å². The summed E-state index contributed by atoms with van der Waals surface area (Å²) in [6.07, 6.45) is 0. The van der Waals surface area contributed by atoms with Gasteiger partial charge in [-0.2, -0.15) is 0 Å². The Morgan fingerprint density at radius 2 is 1.75 bits per heavy atom. The van der Waals surface area contributed by atoms with Gasteiger partial charge < -0.3 is 9.80 Å². The lowest BCUT2D eigenvalue weighted by Crippen LogP contribution is -2.43. The molecule has 16 heavy (non-hydrogen) atoms. The molecule has 0 saturated carbocycles. The Hall–Kier alpha value is -0.190. The van der Waals surface area contributed by atoms with Crippen LogP contribution >= 0.6 is 0 Å². The maximum atomic E-state index is 12.3. The molecular formula is C12H29FN3+. The fourth-order valence-corrected chi connectivity index (χ4v) is 1.50. The van der Waals surface area contributed by atoms with Gasteiger partial charge in [0.1, 0.15) is 6.67 Å². The monoisotopic (exact) mass is 234 g/mol. The topological polar surface area (TPSA) is 15.3 Å². The largest absolute Gasteiger partial charge is 0.330 e. The van der Waals surface area contributed by atoms with Gasteiger partial charge >= 0.3 is 0 Å². The molecule has 0 heterocycles. The molecule has 0 aliphatic carbocycles. The van der Waals surface area contributed by atoms with E-state index < -0.39 is 0 Å². The number of halogens is 1. The lowest BCUT2D eigenvalue weighted by Gasteiger charge is -2.26. The first-order valence-electron chi connectivity index (χ1n) is 6.18. The molecule has 0 aromatic rings. The first-order valence-corrected chi connectivity index (χ1v) is 6.18. The molecule has 3 nitrogen and oxygen atoms in total. The zero-order valence-electron chi connectivity index (χ0n) is 11.6. The average Bonchev–Trinajstić information content (AvgIpc) is 2.13. The summed E-state index contributed by atoms with van der Waals surface area (Å²) in [6.45, 7) is 8.53. The summed E-state index contributed by atoms with van der Waals surface area (Å²) in [4.78, 5) is 2.17. The van der Waals surface area contributed by atoms with Crippen molar-refractivity contribution in [2.45, 2.75) is 19.9 Å². The van der Waals surface area contributed by atoms with Crippen molar-refractivity contribution in [3.63, 3.8) is 0 Å². The summed E-state index contributed by atoms with van der Waals surface area (Å²) in [6, 6.07) is 0.427. The molecule has 0 aliphatic rings. The minimum absolute atomic E-state index is 0.253. The summed E-state index contributed by atoms with van der Waals surface area (Å²) >= 11 is 0. The normalized spacial score (nSPS) is 12.8. The van der Waals surface area contributed by atoms with Crippen LogP contribution in [0.2, 0.25) is 0 Å². The highest BCUT2D eigenvalue weighted by molar-refractivity contribution is 4.63. The van der Waals surface area contributed by atoms with E-state index in [1.165, 1.54) is 0 Å². The van der Waals surface area contributed by atoms with Crippen molar-refractivity contribution in [1.29, 1.82) is 0 Å². The molecule has 98 valence electrons. The summed E-state index contributed by atoms with van der Waals surface area (Å²) in [5.41, 5.74) is 0. The van der Waals surface area contributed by atoms with Gasteiger partial charge in [0.05, 0.1) is 27.7 Å². The fraction of sp³-hybridized carbons (Fsp3) is 1.00. The van der Waals surface area contributed by atoms with Gasteiger partial charge in [-0.25, -0.2) is 4.39 Å². The van der Waals surface area contributed by atoms with Crippen LogP contribution in [-0.2, 0) is 0 Å². The quantitative estimate of drug-likeness (QED) is 0.472. The molecule has 0 fully saturated rings. The van der Waals surface area contributed by atoms with E-state index in [9.17, 15) is 4.39 Å². The molecule has 0 unspecified atom stereocenters. The first kappa shape index (κ1) is 15.8. The average molecular weight is 234 g/mol. The lowest BCUT2D eigenvalue weighted by atomic mass is 10.3. The number of nitrogens with zero attached hydrogens (tertiary/aromatic N) is 2. The minimum atomic E-state index is -0.253. The highest BCUT2D eigenvalue weighted by Crippen LogP contribution is 1.96. The minimum Gasteiger partial charge on any atom is -0.330 e. The number of nitrogens with one attached hydrogen (secondary N) is 1. The molecule has 4 heteroatoms. The number of rotatable bonds is 9. The van der Waals surface area contributed by atoms with E-state index in [0.717, 1.165) is 30.7 Å². The van der Waals surface area contributed by atoms with Crippen LogP contribution in [0.25, 0.3) is 0 Å². The number of hydrogen-bond acceptors (Lipinski definition) is 2. The molecular weight excluding hydrogens is 205 g/mol. The van der Waals surface area contributed by atoms with Gasteiger partial charge in [-0.1, -0.05) is 0 Å². The third-order valence-corrected chi connectivity index (χ3v) is 2.64. The van der Waals surface area contributed by atoms with Crippen LogP contribution in [0.3, 0.4) is 0 Å². The van der Waals surface area contributed by atoms with Crippen LogP contribution in [0, 0.1) is 0 Å². The van der Waals surface area contributed by atoms with Crippen LogP contribution in [0.1, 0.15) is 13.8 Å². The van der Waals surface area contributed by atoms with Gasteiger partial charge in [-0.15, -0.1) is 0 Å². The molecule has 0 bridgehead atoms. The number of likely N-dealkylation sites (N-methyl/N-ethyl adjacent to an activating group) is 1. The van der Waals surface area contributed by atoms with Crippen LogP contribution in [-0.4, -0.2) is 76.0 Å². The van der Waals surface area contributed by atoms with Gasteiger partial charge in [0, 0.05) is 32.2 Å². The third-order valence-electron chi connectivity index (χ3n) is 2.64. The Kier molecular flexibility index (Phi) is 7.89. The Labute approximate surface area is 100 Å². The standard InChI is InChI=1S/C12H29FN3/c1-12(2)15(9-6-13)10-7-14-8-11-16(3,4)5/h12,14H,6-11H2,1-5H3/q+1. The van der Waals surface area contributed by atoms with E-state index in [0.29, 0.717) is 12.6 Å². The molecule has 0 aliphatic heterocycles. The summed E-state index contributed by atoms with van der Waals surface area (Å²) in [5.74, 6) is 0. The van der Waals surface area contributed by atoms with Crippen LogP contribution in [0.4, 0.5) is 4.39 Å². The molecule has 0 spiro atoms. The number of alkyl halides is 1. The Morgan fingerprint density at radius 3 is 2.19 bits per heavy atom. The lowest BCUT2D eigenvalue weighted by molar-refractivity contribution is -0.869. The fourth-order valence-electron chi connectivity index (χ4n) is 1.50. The van der Waals surface area contributed by atoms with Crippen molar-refractivity contribution in [1.82, 2.24) is 10.2 Å². The van der Waals surface area contributed by atoms with E-state index in [4.69, 9.17) is 0 Å². The van der Waals surface area contributed by atoms with Crippen LogP contribution in [0.15, 0.2) is 0 Å². The van der Waals surface area contributed by atoms with Crippen LogP contribution in [0.5, 0.6) is 0 Å². The zero-order valence-corrected chi connectivity index (χ0v) is 11.6. The second kappa shape index (κ2) is 7.98. The first-order chi connectivity index (χ1) is 7.37. The molecule has 0 rings (SSSR count). The number of quaternary nitrogens is 1. The van der Waals surface area contributed by atoms with E-state index in [-0.39, 0.29) is 6.67 Å². The SMILES string of the molecule is CC(C)N(CCF)CCNCC[N+](C)(C)C. The predicted molar refractivity (Wildman–Crippen MR) is 68.5 cm³/mol. The third kappa shape index (κ3) is 9.07. The molecule has 0 aromatic carbocycles. The molecule has 0 aromatic heterocycles. The van der Waals surface area contributed by atoms with Gasteiger partial charge in [-0.05, 0) is 13.8 Å². The van der Waals surface area contributed by atoms with Gasteiger partial charge in [-0.3, -0.25) is 4.90 Å². The molecule has 0 saturated heterocycles. The van der Waals surface area contributed by atoms with Crippen molar-refractivity contribution in [2.24, 2.45) is 0 Å². The van der Waals surface area contributed by atoms with E-state index in [2.05, 4.69) is 45.2 Å². The van der Waals surface area contributed by atoms with E-state index in [1.807, 2.05) is 0 Å². The highest BCUT2D eigenvalue weighted by Gasteiger charge is 2.09. The molecule has 1 N–H and O–H groups in total. The molecule has 0 atom stereocenters. The Morgan fingerprint density at radius 1 is 1.12 bits per heavy atom. The van der Waals surface area contributed by atoms with Crippen molar-refractivity contribution >= 4 is 0 Å². The smallest absolute Gasteiger partial charge is 0.102 e. The van der Waals surface area contributed by atoms with Crippen LogP contribution < -0.4 is 5.32 Å². The van der Waals surface area contributed by atoms with Crippen molar-refractivity contribution in [3.05, 3.63) is 0 Å². The number of hydrogen-bond donors (Lipinski definition) is 1. The molecule has 0 radical (unpaired) electrons. The van der Waals surface area contributed by atoms with E-state index >= 15 is 0 Å². The summed E-state index contributed by atoms with van der Waals surface area (Å²) in [7, 11) is 6.56. The Bertz CT molecular complexity index is 166. The summed E-state index contributed by atoms with van der Waals surface area (Å²) < 4.78 is 13.2. The second-order valence-electron chi connectivity index (χ2n) is 5.58. The van der Waals surface area contributed by atoms with Gasteiger partial charge in [0.2, 0.25) is 0 Å². The van der Waals surface area contributed by atoms with E-state index in [1.54, 1.807) is 0 Å². The van der Waals surface area contributed by atoms with Crippen molar-refractivity contribution < 1.29 is 8.87 Å². The van der Waals surface area contributed by atoms with Crippen molar-refractivity contribution in [3.8, 4) is 0 Å². The second-order valence-corrected chi connectivity index (χ2v) is 5.58. The maximum Gasteiger partial charge on any atom is 0.102 e. The predicted octanol–water partition coefficient (Wildman–Crippen LogP) is 0.962. The van der Waals surface area contributed by atoms with Gasteiger partial charge in [0.15, 0.2) is 0 Å². The van der Waals surface area contributed by atoms with Gasteiger partial charge in [0.25, 0.3) is 0 Å². The maximum absolute atomic E-state index is 12.3. The summed E-state index contributed by atoms with van der Waals surface area (Å²) in [5, 5.41) is 3.41. The zero-order chi connectivity index (χ0) is 12.6.